The fourth-order valence-corrected chi connectivity index (χ4v) is 4.72. The van der Waals surface area contributed by atoms with Crippen LogP contribution in [0, 0.1) is 11.3 Å². The number of ether oxygens (including phenoxy) is 1. The van der Waals surface area contributed by atoms with Crippen LogP contribution in [-0.4, -0.2) is 31.8 Å². The minimum Gasteiger partial charge on any atom is -0.459 e. The van der Waals surface area contributed by atoms with Crippen LogP contribution < -0.4 is 10.9 Å². The molecule has 1 aliphatic carbocycles. The summed E-state index contributed by atoms with van der Waals surface area (Å²) in [7, 11) is 0. The van der Waals surface area contributed by atoms with Gasteiger partial charge >= 0.3 is 5.97 Å². The summed E-state index contributed by atoms with van der Waals surface area (Å²) < 4.78 is 7.33. The molecular weight excluding hydrogens is 454 g/mol. The summed E-state index contributed by atoms with van der Waals surface area (Å²) in [5, 5.41) is 12.6. The number of anilines is 2. The smallest absolute Gasteiger partial charge is 0.315 e. The lowest BCUT2D eigenvalue weighted by molar-refractivity contribution is -0.157. The highest BCUT2D eigenvalue weighted by atomic mass is 16.6. The van der Waals surface area contributed by atoms with Crippen LogP contribution in [0.25, 0.3) is 11.0 Å². The molecule has 0 saturated heterocycles. The van der Waals surface area contributed by atoms with E-state index in [1.54, 1.807) is 30.5 Å². The average Bonchev–Trinajstić information content (AvgIpc) is 2.84. The Labute approximate surface area is 211 Å². The molecule has 1 fully saturated rings. The molecule has 0 bridgehead atoms. The zero-order valence-electron chi connectivity index (χ0n) is 21.5. The van der Waals surface area contributed by atoms with Crippen molar-refractivity contribution in [3.63, 3.8) is 0 Å². The molecule has 2 heterocycles. The summed E-state index contributed by atoms with van der Waals surface area (Å²) >= 11 is 0. The van der Waals surface area contributed by atoms with Gasteiger partial charge in [0.25, 0.3) is 5.56 Å². The fraction of sp³-hybridized carbons (Fsp3) is 0.464. The SMILES string of the molecule is CCC(C(=N)c1ccc(Nc2ncc3ccc(=O)n(C4CCCCC4)c3n2)cc1)C(=O)OC(C)(C)C. The van der Waals surface area contributed by atoms with E-state index in [0.717, 1.165) is 36.8 Å². The molecule has 8 heteroatoms. The number of nitrogens with zero attached hydrogens (tertiary/aromatic N) is 3. The van der Waals surface area contributed by atoms with E-state index in [9.17, 15) is 9.59 Å². The highest BCUT2D eigenvalue weighted by Gasteiger charge is 2.28. The topological polar surface area (TPSA) is 110 Å². The third-order valence-electron chi connectivity index (χ3n) is 6.51. The Kier molecular flexibility index (Phi) is 7.52. The number of fused-ring (bicyclic) bond motifs is 1. The van der Waals surface area contributed by atoms with E-state index in [1.165, 1.54) is 6.42 Å². The van der Waals surface area contributed by atoms with Crippen molar-refractivity contribution in [2.75, 3.05) is 5.32 Å². The maximum absolute atomic E-state index is 12.7. The lowest BCUT2D eigenvalue weighted by Gasteiger charge is -2.25. The van der Waals surface area contributed by atoms with Crippen LogP contribution in [-0.2, 0) is 9.53 Å². The molecule has 190 valence electrons. The second-order valence-corrected chi connectivity index (χ2v) is 10.4. The summed E-state index contributed by atoms with van der Waals surface area (Å²) in [6, 6.07) is 10.8. The van der Waals surface area contributed by atoms with Crippen molar-refractivity contribution in [3.8, 4) is 0 Å². The molecule has 0 radical (unpaired) electrons. The monoisotopic (exact) mass is 489 g/mol. The predicted octanol–water partition coefficient (Wildman–Crippen LogP) is 5.78. The number of nitrogens with one attached hydrogen (secondary N) is 2. The number of esters is 1. The van der Waals surface area contributed by atoms with Gasteiger partial charge in [0.05, 0.1) is 11.6 Å². The first-order chi connectivity index (χ1) is 17.2. The highest BCUT2D eigenvalue weighted by Crippen LogP contribution is 2.29. The molecule has 1 aliphatic rings. The van der Waals surface area contributed by atoms with Crippen LogP contribution in [0.5, 0.6) is 0 Å². The van der Waals surface area contributed by atoms with Crippen molar-refractivity contribution in [2.24, 2.45) is 5.92 Å². The summed E-state index contributed by atoms with van der Waals surface area (Å²) in [5.41, 5.74) is 1.66. The van der Waals surface area contributed by atoms with E-state index in [-0.39, 0.29) is 23.3 Å². The van der Waals surface area contributed by atoms with E-state index in [1.807, 2.05) is 44.4 Å². The number of rotatable bonds is 7. The first kappa shape index (κ1) is 25.5. The second kappa shape index (κ2) is 10.6. The molecule has 36 heavy (non-hydrogen) atoms. The van der Waals surface area contributed by atoms with Crippen LogP contribution >= 0.6 is 0 Å². The average molecular weight is 490 g/mol. The molecule has 1 unspecified atom stereocenters. The number of carbonyl (C=O) groups is 1. The maximum Gasteiger partial charge on any atom is 0.315 e. The summed E-state index contributed by atoms with van der Waals surface area (Å²) in [6.45, 7) is 7.35. The molecule has 8 nitrogen and oxygen atoms in total. The highest BCUT2D eigenvalue weighted by molar-refractivity contribution is 6.10. The van der Waals surface area contributed by atoms with Crippen molar-refractivity contribution in [1.82, 2.24) is 14.5 Å². The maximum atomic E-state index is 12.7. The van der Waals surface area contributed by atoms with Crippen molar-refractivity contribution in [2.45, 2.75) is 77.9 Å². The molecular formula is C28H35N5O3. The van der Waals surface area contributed by atoms with Gasteiger partial charge in [-0.2, -0.15) is 4.98 Å². The van der Waals surface area contributed by atoms with Crippen LogP contribution in [0.1, 0.15) is 77.8 Å². The Hall–Kier alpha value is -3.55. The summed E-state index contributed by atoms with van der Waals surface area (Å²) in [5.74, 6) is -0.602. The van der Waals surface area contributed by atoms with E-state index >= 15 is 0 Å². The molecule has 1 aromatic carbocycles. The van der Waals surface area contributed by atoms with Crippen molar-refractivity contribution >= 4 is 34.4 Å². The molecule has 0 amide bonds. The molecule has 0 aliphatic heterocycles. The molecule has 4 rings (SSSR count). The lowest BCUT2D eigenvalue weighted by atomic mass is 9.94. The number of benzene rings is 1. The van der Waals surface area contributed by atoms with E-state index < -0.39 is 11.5 Å². The van der Waals surface area contributed by atoms with Crippen LogP contribution in [0.15, 0.2) is 47.4 Å². The van der Waals surface area contributed by atoms with Gasteiger partial charge in [0.15, 0.2) is 0 Å². The summed E-state index contributed by atoms with van der Waals surface area (Å²) in [6.07, 6.45) is 7.65. The van der Waals surface area contributed by atoms with E-state index in [0.29, 0.717) is 23.6 Å². The Balaban J connectivity index is 1.54. The molecule has 2 N–H and O–H groups in total. The van der Waals surface area contributed by atoms with E-state index in [4.69, 9.17) is 15.1 Å². The minimum absolute atomic E-state index is 0.0302. The van der Waals surface area contributed by atoms with Crippen LogP contribution in [0.3, 0.4) is 0 Å². The van der Waals surface area contributed by atoms with Crippen LogP contribution in [0.2, 0.25) is 0 Å². The summed E-state index contributed by atoms with van der Waals surface area (Å²) in [4.78, 5) is 34.4. The van der Waals surface area contributed by atoms with Gasteiger partial charge in [0.2, 0.25) is 5.95 Å². The quantitative estimate of drug-likeness (QED) is 0.322. The third kappa shape index (κ3) is 5.80. The number of hydrogen-bond acceptors (Lipinski definition) is 7. The normalized spacial score (nSPS) is 15.4. The van der Waals surface area contributed by atoms with Gasteiger partial charge in [-0.15, -0.1) is 0 Å². The Morgan fingerprint density at radius 2 is 1.83 bits per heavy atom. The van der Waals surface area contributed by atoms with Gasteiger partial charge in [-0.3, -0.25) is 14.2 Å². The first-order valence-corrected chi connectivity index (χ1v) is 12.7. The predicted molar refractivity (Wildman–Crippen MR) is 142 cm³/mol. The minimum atomic E-state index is -0.622. The Morgan fingerprint density at radius 3 is 2.47 bits per heavy atom. The van der Waals surface area contributed by atoms with Crippen molar-refractivity contribution < 1.29 is 9.53 Å². The van der Waals surface area contributed by atoms with Gasteiger partial charge in [-0.05, 0) is 63.8 Å². The zero-order chi connectivity index (χ0) is 25.9. The number of aromatic nitrogens is 3. The zero-order valence-corrected chi connectivity index (χ0v) is 21.5. The largest absolute Gasteiger partial charge is 0.459 e. The molecule has 2 aromatic heterocycles. The molecule has 1 atom stereocenters. The van der Waals surface area contributed by atoms with Crippen molar-refractivity contribution in [3.05, 3.63) is 58.5 Å². The fourth-order valence-electron chi connectivity index (χ4n) is 4.72. The lowest BCUT2D eigenvalue weighted by Crippen LogP contribution is -2.32. The molecule has 0 spiro atoms. The third-order valence-corrected chi connectivity index (χ3v) is 6.51. The van der Waals surface area contributed by atoms with Gasteiger partial charge < -0.3 is 15.5 Å². The first-order valence-electron chi connectivity index (χ1n) is 12.7. The van der Waals surface area contributed by atoms with Gasteiger partial charge in [-0.25, -0.2) is 4.98 Å². The standard InChI is InChI=1S/C28H35N5O3/c1-5-22(26(35)36-28(2,3)4)24(29)18-11-14-20(15-12-18)31-27-30-17-19-13-16-23(34)33(25(19)32-27)21-9-7-6-8-10-21/h11-17,21-22,29H,5-10H2,1-4H3,(H,30,31,32). The van der Waals surface area contributed by atoms with Gasteiger partial charge in [0, 0.05) is 29.4 Å². The van der Waals surface area contributed by atoms with Gasteiger partial charge in [0.1, 0.15) is 11.2 Å². The van der Waals surface area contributed by atoms with Gasteiger partial charge in [-0.1, -0.05) is 38.3 Å². The Morgan fingerprint density at radius 1 is 1.14 bits per heavy atom. The Bertz CT molecular complexity index is 1300. The van der Waals surface area contributed by atoms with E-state index in [2.05, 4.69) is 10.3 Å². The van der Waals surface area contributed by atoms with Crippen LogP contribution in [0.4, 0.5) is 11.6 Å². The molecule has 3 aromatic rings. The number of pyridine rings is 1. The van der Waals surface area contributed by atoms with Crippen molar-refractivity contribution in [1.29, 1.82) is 5.41 Å². The number of hydrogen-bond donors (Lipinski definition) is 2. The molecule has 1 saturated carbocycles. The second-order valence-electron chi connectivity index (χ2n) is 10.4. The number of carbonyl (C=O) groups excluding carboxylic acids is 1.